The normalized spacial score (nSPS) is 13.1. The summed E-state index contributed by atoms with van der Waals surface area (Å²) < 4.78 is 26.0. The molecule has 0 heterocycles. The zero-order valence-corrected chi connectivity index (χ0v) is 10.5. The van der Waals surface area contributed by atoms with E-state index in [-0.39, 0.29) is 6.04 Å². The topological polar surface area (TPSA) is 26.0 Å². The minimum absolute atomic E-state index is 0.204. The van der Waals surface area contributed by atoms with Crippen molar-refractivity contribution in [3.63, 3.8) is 0 Å². The van der Waals surface area contributed by atoms with E-state index in [1.54, 1.807) is 6.07 Å². The summed E-state index contributed by atoms with van der Waals surface area (Å²) in [5.41, 5.74) is 6.83. The summed E-state index contributed by atoms with van der Waals surface area (Å²) in [4.78, 5) is 0. The highest BCUT2D eigenvalue weighted by Gasteiger charge is 2.19. The van der Waals surface area contributed by atoms with Gasteiger partial charge in [0.2, 0.25) is 0 Å². The summed E-state index contributed by atoms with van der Waals surface area (Å²) >= 11 is 0. The fourth-order valence-corrected chi connectivity index (χ4v) is 2.24. The van der Waals surface area contributed by atoms with Crippen LogP contribution in [0.15, 0.2) is 18.2 Å². The molecule has 1 atom stereocenters. The van der Waals surface area contributed by atoms with Gasteiger partial charge in [-0.25, -0.2) is 8.78 Å². The summed E-state index contributed by atoms with van der Waals surface area (Å²) in [7, 11) is 0. The van der Waals surface area contributed by atoms with Crippen molar-refractivity contribution in [1.29, 1.82) is 0 Å². The van der Waals surface area contributed by atoms with Crippen LogP contribution in [0.1, 0.15) is 51.1 Å². The number of nitrogens with two attached hydrogens (primary N) is 1. The van der Waals surface area contributed by atoms with Crippen molar-refractivity contribution < 1.29 is 8.78 Å². The Labute approximate surface area is 102 Å². The van der Waals surface area contributed by atoms with Crippen LogP contribution in [0.5, 0.6) is 0 Å². The number of halogens is 2. The van der Waals surface area contributed by atoms with E-state index in [4.69, 9.17) is 5.73 Å². The van der Waals surface area contributed by atoms with Gasteiger partial charge in [0.15, 0.2) is 11.6 Å². The average molecular weight is 241 g/mol. The predicted octanol–water partition coefficient (Wildman–Crippen LogP) is 4.18. The summed E-state index contributed by atoms with van der Waals surface area (Å²) in [6.45, 7) is 4.22. The Morgan fingerprint density at radius 3 is 2.12 bits per heavy atom. The third-order valence-electron chi connectivity index (χ3n) is 3.16. The molecule has 1 nitrogen and oxygen atoms in total. The molecule has 1 aromatic rings. The van der Waals surface area contributed by atoms with Gasteiger partial charge in [-0.1, -0.05) is 32.8 Å². The van der Waals surface area contributed by atoms with Crippen molar-refractivity contribution in [3.8, 4) is 0 Å². The molecule has 1 unspecified atom stereocenters. The van der Waals surface area contributed by atoms with E-state index in [0.29, 0.717) is 11.5 Å². The van der Waals surface area contributed by atoms with Crippen LogP contribution in [-0.2, 0) is 0 Å². The number of rotatable bonds is 6. The SMILES string of the molecule is CCCC(CCC)C(N)c1ccc(F)c(F)c1. The van der Waals surface area contributed by atoms with Crippen LogP contribution < -0.4 is 5.73 Å². The van der Waals surface area contributed by atoms with Crippen LogP contribution in [0.3, 0.4) is 0 Å². The van der Waals surface area contributed by atoms with Gasteiger partial charge in [0.1, 0.15) is 0 Å². The molecule has 0 amide bonds. The Morgan fingerprint density at radius 2 is 1.65 bits per heavy atom. The van der Waals surface area contributed by atoms with Crippen molar-refractivity contribution in [2.45, 2.75) is 45.6 Å². The Hall–Kier alpha value is -0.960. The molecule has 0 aromatic heterocycles. The second kappa shape index (κ2) is 6.70. The molecule has 0 spiro atoms. The maximum Gasteiger partial charge on any atom is 0.159 e. The first kappa shape index (κ1) is 14.1. The lowest BCUT2D eigenvalue weighted by Gasteiger charge is -2.23. The molecule has 17 heavy (non-hydrogen) atoms. The lowest BCUT2D eigenvalue weighted by atomic mass is 9.87. The molecule has 0 saturated carbocycles. The molecule has 0 radical (unpaired) electrons. The van der Waals surface area contributed by atoms with Crippen molar-refractivity contribution in [3.05, 3.63) is 35.4 Å². The van der Waals surface area contributed by atoms with Crippen molar-refractivity contribution in [1.82, 2.24) is 0 Å². The summed E-state index contributed by atoms with van der Waals surface area (Å²) in [6, 6.07) is 3.75. The third-order valence-corrected chi connectivity index (χ3v) is 3.16. The first-order valence-corrected chi connectivity index (χ1v) is 6.30. The molecule has 96 valence electrons. The minimum atomic E-state index is -0.816. The van der Waals surface area contributed by atoms with E-state index < -0.39 is 11.6 Å². The second-order valence-electron chi connectivity index (χ2n) is 4.54. The molecule has 0 aliphatic carbocycles. The molecule has 0 aliphatic heterocycles. The molecular weight excluding hydrogens is 220 g/mol. The third kappa shape index (κ3) is 3.77. The monoisotopic (exact) mass is 241 g/mol. The molecule has 0 saturated heterocycles. The van der Waals surface area contributed by atoms with E-state index in [1.165, 1.54) is 6.07 Å². The molecule has 0 aliphatic rings. The highest BCUT2D eigenvalue weighted by Crippen LogP contribution is 2.28. The maximum absolute atomic E-state index is 13.1. The van der Waals surface area contributed by atoms with Crippen molar-refractivity contribution in [2.24, 2.45) is 11.7 Å². The smallest absolute Gasteiger partial charge is 0.159 e. The molecule has 1 aromatic carbocycles. The molecular formula is C14H21F2N. The van der Waals surface area contributed by atoms with Crippen molar-refractivity contribution in [2.75, 3.05) is 0 Å². The largest absolute Gasteiger partial charge is 0.324 e. The lowest BCUT2D eigenvalue weighted by Crippen LogP contribution is -2.21. The zero-order chi connectivity index (χ0) is 12.8. The maximum atomic E-state index is 13.1. The van der Waals surface area contributed by atoms with Gasteiger partial charge in [0.25, 0.3) is 0 Å². The lowest BCUT2D eigenvalue weighted by molar-refractivity contribution is 0.367. The van der Waals surface area contributed by atoms with Crippen molar-refractivity contribution >= 4 is 0 Å². The Kier molecular flexibility index (Phi) is 5.56. The van der Waals surface area contributed by atoms with E-state index in [0.717, 1.165) is 31.7 Å². The number of hydrogen-bond donors (Lipinski definition) is 1. The van der Waals surface area contributed by atoms with Gasteiger partial charge in [-0.05, 0) is 36.5 Å². The van der Waals surface area contributed by atoms with Crippen LogP contribution in [0.2, 0.25) is 0 Å². The highest BCUT2D eigenvalue weighted by atomic mass is 19.2. The summed E-state index contributed by atoms with van der Waals surface area (Å²) in [6.07, 6.45) is 4.16. The van der Waals surface area contributed by atoms with Gasteiger partial charge in [-0.3, -0.25) is 0 Å². The van der Waals surface area contributed by atoms with Crippen LogP contribution in [0.25, 0.3) is 0 Å². The fraction of sp³-hybridized carbons (Fsp3) is 0.571. The number of benzene rings is 1. The van der Waals surface area contributed by atoms with Crippen LogP contribution in [-0.4, -0.2) is 0 Å². The van der Waals surface area contributed by atoms with Crippen LogP contribution in [0.4, 0.5) is 8.78 Å². The first-order chi connectivity index (χ1) is 8.10. The molecule has 3 heteroatoms. The molecule has 1 rings (SSSR count). The summed E-state index contributed by atoms with van der Waals surface area (Å²) in [5.74, 6) is -1.29. The highest BCUT2D eigenvalue weighted by molar-refractivity contribution is 5.21. The first-order valence-electron chi connectivity index (χ1n) is 6.30. The van der Waals surface area contributed by atoms with E-state index >= 15 is 0 Å². The van der Waals surface area contributed by atoms with Crippen LogP contribution in [0, 0.1) is 17.6 Å². The van der Waals surface area contributed by atoms with Gasteiger partial charge in [-0.15, -0.1) is 0 Å². The average Bonchev–Trinajstić information content (AvgIpc) is 2.31. The quantitative estimate of drug-likeness (QED) is 0.794. The second-order valence-corrected chi connectivity index (χ2v) is 4.54. The van der Waals surface area contributed by atoms with Gasteiger partial charge < -0.3 is 5.73 Å². The molecule has 0 bridgehead atoms. The van der Waals surface area contributed by atoms with Gasteiger partial charge >= 0.3 is 0 Å². The van der Waals surface area contributed by atoms with Gasteiger partial charge in [0.05, 0.1) is 0 Å². The Morgan fingerprint density at radius 1 is 1.06 bits per heavy atom. The number of hydrogen-bond acceptors (Lipinski definition) is 1. The van der Waals surface area contributed by atoms with E-state index in [9.17, 15) is 8.78 Å². The van der Waals surface area contributed by atoms with E-state index in [2.05, 4.69) is 13.8 Å². The molecule has 0 fully saturated rings. The molecule has 2 N–H and O–H groups in total. The standard InChI is InChI=1S/C14H21F2N/c1-3-5-10(6-4-2)14(17)11-7-8-12(15)13(16)9-11/h7-10,14H,3-6,17H2,1-2H3. The van der Waals surface area contributed by atoms with E-state index in [1.807, 2.05) is 0 Å². The fourth-order valence-electron chi connectivity index (χ4n) is 2.24. The zero-order valence-electron chi connectivity index (χ0n) is 10.5. The minimum Gasteiger partial charge on any atom is -0.324 e. The van der Waals surface area contributed by atoms with Gasteiger partial charge in [-0.2, -0.15) is 0 Å². The van der Waals surface area contributed by atoms with Crippen LogP contribution >= 0.6 is 0 Å². The van der Waals surface area contributed by atoms with Gasteiger partial charge in [0, 0.05) is 6.04 Å². The predicted molar refractivity (Wildman–Crippen MR) is 66.6 cm³/mol. The summed E-state index contributed by atoms with van der Waals surface area (Å²) in [5, 5.41) is 0. The Balaban J connectivity index is 2.84. The Bertz CT molecular complexity index is 346.